The number of halogens is 1. The normalized spacial score (nSPS) is 18.5. The summed E-state index contributed by atoms with van der Waals surface area (Å²) >= 11 is 0. The molecule has 2 aromatic carbocycles. The minimum Gasteiger partial charge on any atom is -0.365 e. The van der Waals surface area contributed by atoms with E-state index < -0.39 is 5.67 Å². The molecule has 4 rings (SSSR count). The van der Waals surface area contributed by atoms with Crippen molar-refractivity contribution in [2.45, 2.75) is 118 Å². The molecule has 1 aliphatic rings. The zero-order valence-electron chi connectivity index (χ0n) is 27.6. The molecular weight excluding hydrogens is 518 g/mol. The first-order valence-electron chi connectivity index (χ1n) is 16.5. The third kappa shape index (κ3) is 12.8. The van der Waals surface area contributed by atoms with Gasteiger partial charge in [-0.15, -0.1) is 0 Å². The maximum Gasteiger partial charge on any atom is 0.137 e. The van der Waals surface area contributed by atoms with Crippen LogP contribution in [-0.2, 0) is 13.0 Å². The predicted octanol–water partition coefficient (Wildman–Crippen LogP) is 8.74. The highest BCUT2D eigenvalue weighted by atomic mass is 19.1. The molecule has 3 aromatic rings. The number of aromatic nitrogens is 2. The molecule has 2 radical (unpaired) electrons. The number of alkyl halides is 1. The van der Waals surface area contributed by atoms with Crippen LogP contribution in [0.15, 0.2) is 42.5 Å². The summed E-state index contributed by atoms with van der Waals surface area (Å²) in [5.41, 5.74) is 3.22. The van der Waals surface area contributed by atoms with E-state index in [9.17, 15) is 4.39 Å². The average Bonchev–Trinajstić information content (AvgIpc) is 2.93. The van der Waals surface area contributed by atoms with Crippen LogP contribution in [0, 0.1) is 12.8 Å². The van der Waals surface area contributed by atoms with Gasteiger partial charge in [0.25, 0.3) is 0 Å². The van der Waals surface area contributed by atoms with Gasteiger partial charge in [0.15, 0.2) is 0 Å². The van der Waals surface area contributed by atoms with E-state index in [1.807, 2.05) is 39.0 Å². The van der Waals surface area contributed by atoms with Crippen LogP contribution >= 0.6 is 0 Å². The summed E-state index contributed by atoms with van der Waals surface area (Å²) in [4.78, 5) is 11.7. The number of rotatable bonds is 12. The van der Waals surface area contributed by atoms with Gasteiger partial charge in [-0.05, 0) is 75.3 Å². The van der Waals surface area contributed by atoms with Gasteiger partial charge in [0.1, 0.15) is 25.2 Å². The van der Waals surface area contributed by atoms with Crippen LogP contribution in [0.4, 0.5) is 10.2 Å². The summed E-state index contributed by atoms with van der Waals surface area (Å²) in [7, 11) is 5.91. The van der Waals surface area contributed by atoms with E-state index >= 15 is 0 Å². The third-order valence-corrected chi connectivity index (χ3v) is 7.37. The van der Waals surface area contributed by atoms with Crippen molar-refractivity contribution in [1.82, 2.24) is 14.9 Å². The summed E-state index contributed by atoms with van der Waals surface area (Å²) in [5, 5.41) is 4.52. The quantitative estimate of drug-likeness (QED) is 0.173. The number of piperidine rings is 1. The van der Waals surface area contributed by atoms with Crippen molar-refractivity contribution in [1.29, 1.82) is 0 Å². The lowest BCUT2D eigenvalue weighted by Gasteiger charge is -2.38. The molecule has 230 valence electrons. The Bertz CT molecular complexity index is 1180. The highest BCUT2D eigenvalue weighted by Crippen LogP contribution is 2.28. The van der Waals surface area contributed by atoms with Gasteiger partial charge in [-0.1, -0.05) is 103 Å². The Morgan fingerprint density at radius 2 is 1.67 bits per heavy atom. The lowest BCUT2D eigenvalue weighted by atomic mass is 9.89. The van der Waals surface area contributed by atoms with Gasteiger partial charge in [-0.3, -0.25) is 4.90 Å². The fourth-order valence-electron chi connectivity index (χ4n) is 5.84. The highest BCUT2D eigenvalue weighted by molar-refractivity contribution is 6.32. The van der Waals surface area contributed by atoms with E-state index in [-0.39, 0.29) is 0 Å². The average molecular weight is 575 g/mol. The fraction of sp³-hybridized carbons (Fsp3) is 0.611. The Kier molecular flexibility index (Phi) is 16.1. The Hall–Kier alpha value is -2.47. The van der Waals surface area contributed by atoms with E-state index in [0.717, 1.165) is 53.1 Å². The second kappa shape index (κ2) is 18.9. The monoisotopic (exact) mass is 574 g/mol. The predicted molar refractivity (Wildman–Crippen MR) is 182 cm³/mol. The molecule has 0 spiro atoms. The van der Waals surface area contributed by atoms with Crippen molar-refractivity contribution in [2.75, 3.05) is 25.0 Å². The number of anilines is 1. The molecular formula is C36H56BFN4. The Balaban J connectivity index is 0.00000116. The number of aryl methyl sites for hydroxylation is 2. The van der Waals surface area contributed by atoms with E-state index in [0.29, 0.717) is 25.4 Å². The van der Waals surface area contributed by atoms with Gasteiger partial charge in [-0.2, -0.15) is 0 Å². The number of fused-ring (bicyclic) bond motifs is 1. The van der Waals surface area contributed by atoms with Crippen molar-refractivity contribution in [3.63, 3.8) is 0 Å². The van der Waals surface area contributed by atoms with Gasteiger partial charge >= 0.3 is 0 Å². The number of nitrogens with zero attached hydrogens (tertiary/aromatic N) is 3. The second-order valence-electron chi connectivity index (χ2n) is 12.1. The van der Waals surface area contributed by atoms with Crippen molar-refractivity contribution in [3.05, 3.63) is 59.4 Å². The van der Waals surface area contributed by atoms with Gasteiger partial charge in [0.05, 0.1) is 5.52 Å². The molecule has 42 heavy (non-hydrogen) atoms. The Morgan fingerprint density at radius 3 is 2.36 bits per heavy atom. The van der Waals surface area contributed by atoms with Gasteiger partial charge in [0, 0.05) is 25.0 Å². The number of hydrogen-bond acceptors (Lipinski definition) is 4. The van der Waals surface area contributed by atoms with Crippen molar-refractivity contribution >= 4 is 30.0 Å². The highest BCUT2D eigenvalue weighted by Gasteiger charge is 2.33. The molecule has 0 bridgehead atoms. The van der Waals surface area contributed by atoms with Crippen LogP contribution in [-0.4, -0.2) is 48.0 Å². The molecule has 4 nitrogen and oxygen atoms in total. The number of nitrogens with one attached hydrogen (secondary N) is 1. The summed E-state index contributed by atoms with van der Waals surface area (Å²) < 4.78 is 14.4. The summed E-state index contributed by atoms with van der Waals surface area (Å²) in [6.07, 6.45) is 10.4. The molecule has 6 heteroatoms. The fourth-order valence-corrected chi connectivity index (χ4v) is 5.84. The Morgan fingerprint density at radius 1 is 0.976 bits per heavy atom. The molecule has 1 aliphatic heterocycles. The summed E-state index contributed by atoms with van der Waals surface area (Å²) in [5.74, 6) is 2.10. The van der Waals surface area contributed by atoms with E-state index in [2.05, 4.69) is 60.2 Å². The summed E-state index contributed by atoms with van der Waals surface area (Å²) in [6.45, 7) is 17.5. The molecule has 2 atom stereocenters. The zero-order chi connectivity index (χ0) is 31.0. The van der Waals surface area contributed by atoms with Crippen molar-refractivity contribution in [2.24, 2.45) is 5.92 Å². The maximum absolute atomic E-state index is 14.4. The lowest BCUT2D eigenvalue weighted by Crippen LogP contribution is -2.47. The van der Waals surface area contributed by atoms with Crippen LogP contribution in [0.2, 0.25) is 0 Å². The van der Waals surface area contributed by atoms with Crippen molar-refractivity contribution < 1.29 is 4.39 Å². The SMILES string of the molecule is CC.CCC.[B]c1cccc(CNc2nc(C)nc3cc(CCCCCCCCN4CC(C)CC(C)(F)C4)ccc23)c1. The first-order valence-corrected chi connectivity index (χ1v) is 16.5. The van der Waals surface area contributed by atoms with Crippen LogP contribution < -0.4 is 10.8 Å². The minimum atomic E-state index is -1.01. The van der Waals surface area contributed by atoms with Gasteiger partial charge < -0.3 is 5.32 Å². The Labute approximate surface area is 257 Å². The molecule has 0 aliphatic carbocycles. The molecule has 1 aromatic heterocycles. The molecule has 1 fully saturated rings. The number of unbranched alkanes of at least 4 members (excludes halogenated alkanes) is 5. The molecule has 2 heterocycles. The minimum absolute atomic E-state index is 0.464. The number of hydrogen-bond donors (Lipinski definition) is 1. The molecule has 2 unspecified atom stereocenters. The van der Waals surface area contributed by atoms with Crippen LogP contribution in [0.3, 0.4) is 0 Å². The first-order chi connectivity index (χ1) is 20.2. The summed E-state index contributed by atoms with van der Waals surface area (Å²) in [6, 6.07) is 14.5. The van der Waals surface area contributed by atoms with Crippen molar-refractivity contribution in [3.8, 4) is 0 Å². The van der Waals surface area contributed by atoms with Crippen LogP contribution in [0.25, 0.3) is 10.9 Å². The molecule has 1 saturated heterocycles. The standard InChI is InChI=1S/C31H42BFN4.C3H8.C2H6/c1-23-19-31(3,33)22-37(21-23)16-9-7-5-4-6-8-11-25-14-15-28-29(18-25)35-24(2)36-30(28)34-20-26-12-10-13-27(32)17-26;1-3-2;1-2/h10,12-15,17-18,23H,4-9,11,16,19-22H2,1-3H3,(H,34,35,36);3H2,1-2H3;1-2H3. The van der Waals surface area contributed by atoms with Gasteiger partial charge in [0.2, 0.25) is 0 Å². The third-order valence-electron chi connectivity index (χ3n) is 7.37. The lowest BCUT2D eigenvalue weighted by molar-refractivity contribution is 0.0314. The van der Waals surface area contributed by atoms with E-state index in [1.165, 1.54) is 50.5 Å². The maximum atomic E-state index is 14.4. The van der Waals surface area contributed by atoms with Crippen LogP contribution in [0.1, 0.15) is 110 Å². The second-order valence-corrected chi connectivity index (χ2v) is 12.1. The van der Waals surface area contributed by atoms with Gasteiger partial charge in [-0.25, -0.2) is 14.4 Å². The zero-order valence-corrected chi connectivity index (χ0v) is 27.6. The largest absolute Gasteiger partial charge is 0.365 e. The number of likely N-dealkylation sites (tertiary alicyclic amines) is 1. The smallest absolute Gasteiger partial charge is 0.137 e. The molecule has 1 N–H and O–H groups in total. The molecule has 0 amide bonds. The van der Waals surface area contributed by atoms with Crippen LogP contribution in [0.5, 0.6) is 0 Å². The topological polar surface area (TPSA) is 41.1 Å². The first kappa shape index (κ1) is 35.7. The van der Waals surface area contributed by atoms with E-state index in [1.54, 1.807) is 6.92 Å². The van der Waals surface area contributed by atoms with E-state index in [4.69, 9.17) is 12.8 Å². The number of benzene rings is 2. The molecule has 0 saturated carbocycles.